The predicted octanol–water partition coefficient (Wildman–Crippen LogP) is 2.77. The van der Waals surface area contributed by atoms with E-state index in [1.807, 2.05) is 0 Å². The smallest absolute Gasteiger partial charge is 0.298 e. The number of anilines is 1. The van der Waals surface area contributed by atoms with Gasteiger partial charge >= 0.3 is 0 Å². The van der Waals surface area contributed by atoms with Crippen LogP contribution in [0.2, 0.25) is 0 Å². The van der Waals surface area contributed by atoms with E-state index in [1.165, 1.54) is 6.20 Å². The van der Waals surface area contributed by atoms with Crippen LogP contribution in [-0.2, 0) is 0 Å². The summed E-state index contributed by atoms with van der Waals surface area (Å²) >= 11 is 0. The van der Waals surface area contributed by atoms with Gasteiger partial charge in [0.1, 0.15) is 11.5 Å². The molecule has 1 aromatic carbocycles. The topological polar surface area (TPSA) is 83.8 Å². The Morgan fingerprint density at radius 1 is 1.47 bits per heavy atom. The second kappa shape index (κ2) is 5.01. The molecule has 1 heterocycles. The summed E-state index contributed by atoms with van der Waals surface area (Å²) in [5.41, 5.74) is -0.379. The molecule has 6 nitrogen and oxygen atoms in total. The highest BCUT2D eigenvalue weighted by atomic mass is 19.1. The van der Waals surface area contributed by atoms with E-state index in [9.17, 15) is 18.9 Å². The average molecular weight is 268 g/mol. The largest absolute Gasteiger partial charge is 0.369 e. The lowest BCUT2D eigenvalue weighted by molar-refractivity contribution is -0.384. The lowest BCUT2D eigenvalue weighted by Gasteiger charge is -2.14. The Bertz CT molecular complexity index is 601. The molecule has 2 N–H and O–H groups in total. The molecule has 8 heteroatoms. The number of aromatic amines is 1. The first kappa shape index (κ1) is 12.9. The van der Waals surface area contributed by atoms with Crippen molar-refractivity contribution in [1.29, 1.82) is 0 Å². The zero-order valence-electron chi connectivity index (χ0n) is 9.85. The van der Waals surface area contributed by atoms with Gasteiger partial charge in [-0.15, -0.1) is 0 Å². The summed E-state index contributed by atoms with van der Waals surface area (Å²) in [7, 11) is 0. The molecule has 100 valence electrons. The van der Waals surface area contributed by atoms with Crippen LogP contribution in [0, 0.1) is 21.7 Å². The average Bonchev–Trinajstić information content (AvgIpc) is 2.85. The number of hydrogen-bond donors (Lipinski definition) is 2. The third kappa shape index (κ3) is 2.67. The highest BCUT2D eigenvalue weighted by Crippen LogP contribution is 2.31. The fourth-order valence-electron chi connectivity index (χ4n) is 1.65. The first-order chi connectivity index (χ1) is 8.99. The molecule has 2 rings (SSSR count). The predicted molar refractivity (Wildman–Crippen MR) is 63.6 cm³/mol. The summed E-state index contributed by atoms with van der Waals surface area (Å²) in [4.78, 5) is 9.97. The first-order valence-electron chi connectivity index (χ1n) is 5.38. The number of halogens is 2. The molecule has 0 aliphatic heterocycles. The van der Waals surface area contributed by atoms with Crippen molar-refractivity contribution in [3.63, 3.8) is 0 Å². The highest BCUT2D eigenvalue weighted by Gasteiger charge is 2.22. The van der Waals surface area contributed by atoms with Gasteiger partial charge in [0.05, 0.1) is 22.7 Å². The van der Waals surface area contributed by atoms with E-state index in [2.05, 4.69) is 15.5 Å². The molecule has 0 bridgehead atoms. The summed E-state index contributed by atoms with van der Waals surface area (Å²) in [5, 5.41) is 19.8. The summed E-state index contributed by atoms with van der Waals surface area (Å²) in [6, 6.07) is 2.46. The molecule has 1 unspecified atom stereocenters. The van der Waals surface area contributed by atoms with Gasteiger partial charge in [-0.3, -0.25) is 15.2 Å². The van der Waals surface area contributed by atoms with Crippen LogP contribution in [0.4, 0.5) is 20.2 Å². The fourth-order valence-corrected chi connectivity index (χ4v) is 1.65. The second-order valence-electron chi connectivity index (χ2n) is 3.92. The quantitative estimate of drug-likeness (QED) is 0.659. The Hall–Kier alpha value is -2.51. The molecule has 0 radical (unpaired) electrons. The molecule has 19 heavy (non-hydrogen) atoms. The van der Waals surface area contributed by atoms with Crippen molar-refractivity contribution in [1.82, 2.24) is 10.2 Å². The zero-order chi connectivity index (χ0) is 14.0. The highest BCUT2D eigenvalue weighted by molar-refractivity contribution is 5.63. The van der Waals surface area contributed by atoms with Crippen molar-refractivity contribution in [2.75, 3.05) is 5.32 Å². The van der Waals surface area contributed by atoms with Crippen molar-refractivity contribution in [2.24, 2.45) is 0 Å². The Kier molecular flexibility index (Phi) is 3.41. The Morgan fingerprint density at radius 3 is 2.79 bits per heavy atom. The zero-order valence-corrected chi connectivity index (χ0v) is 9.85. The van der Waals surface area contributed by atoms with Gasteiger partial charge in [-0.25, -0.2) is 8.78 Å². The maximum atomic E-state index is 13.6. The molecule has 1 aromatic heterocycles. The molecule has 0 saturated heterocycles. The Morgan fingerprint density at radius 2 is 2.21 bits per heavy atom. The molecule has 0 aliphatic rings. The molecule has 2 aromatic rings. The molecule has 0 spiro atoms. The number of nitro benzene ring substituents is 1. The van der Waals surface area contributed by atoms with Gasteiger partial charge < -0.3 is 5.32 Å². The van der Waals surface area contributed by atoms with Crippen molar-refractivity contribution < 1.29 is 13.7 Å². The normalized spacial score (nSPS) is 12.2. The minimum Gasteiger partial charge on any atom is -0.369 e. The van der Waals surface area contributed by atoms with Crippen LogP contribution in [0.3, 0.4) is 0 Å². The third-order valence-electron chi connectivity index (χ3n) is 2.58. The number of nitro groups is 1. The number of H-pyrrole nitrogens is 1. The van der Waals surface area contributed by atoms with E-state index in [0.717, 1.165) is 0 Å². The van der Waals surface area contributed by atoms with Gasteiger partial charge in [-0.05, 0) is 13.0 Å². The van der Waals surface area contributed by atoms with Gasteiger partial charge in [-0.1, -0.05) is 0 Å². The number of rotatable bonds is 4. The first-order valence-corrected chi connectivity index (χ1v) is 5.38. The van der Waals surface area contributed by atoms with E-state index in [1.54, 1.807) is 13.0 Å². The molecular formula is C11H10F2N4O2. The summed E-state index contributed by atoms with van der Waals surface area (Å²) in [5.74, 6) is -2.01. The van der Waals surface area contributed by atoms with E-state index < -0.39 is 28.3 Å². The Balaban J connectivity index is 2.36. The van der Waals surface area contributed by atoms with E-state index in [4.69, 9.17) is 0 Å². The number of nitrogens with zero attached hydrogens (tertiary/aromatic N) is 2. The third-order valence-corrected chi connectivity index (χ3v) is 2.58. The molecule has 0 amide bonds. The van der Waals surface area contributed by atoms with Gasteiger partial charge in [0.2, 0.25) is 0 Å². The van der Waals surface area contributed by atoms with Crippen LogP contribution in [0.15, 0.2) is 24.4 Å². The number of hydrogen-bond acceptors (Lipinski definition) is 4. The van der Waals surface area contributed by atoms with Crippen molar-refractivity contribution in [3.05, 3.63) is 51.8 Å². The van der Waals surface area contributed by atoms with E-state index in [-0.39, 0.29) is 5.69 Å². The maximum Gasteiger partial charge on any atom is 0.298 e. The summed E-state index contributed by atoms with van der Waals surface area (Å²) in [6.45, 7) is 1.67. The van der Waals surface area contributed by atoms with Crippen LogP contribution in [0.1, 0.15) is 18.7 Å². The van der Waals surface area contributed by atoms with Gasteiger partial charge in [-0.2, -0.15) is 5.10 Å². The Labute approximate surface area is 106 Å². The van der Waals surface area contributed by atoms with Crippen molar-refractivity contribution in [3.8, 4) is 0 Å². The second-order valence-corrected chi connectivity index (χ2v) is 3.92. The summed E-state index contributed by atoms with van der Waals surface area (Å²) < 4.78 is 26.6. The maximum absolute atomic E-state index is 13.6. The molecule has 1 atom stereocenters. The van der Waals surface area contributed by atoms with Crippen LogP contribution in [0.5, 0.6) is 0 Å². The standard InChI is InChI=1S/C11H10F2N4O2/c1-6(9-2-3-14-16-9)15-11-8(13)4-7(12)5-10(11)17(18)19/h2-6,15H,1H3,(H,14,16). The fraction of sp³-hybridized carbons (Fsp3) is 0.182. The van der Waals surface area contributed by atoms with Crippen molar-refractivity contribution >= 4 is 11.4 Å². The van der Waals surface area contributed by atoms with Gasteiger partial charge in [0, 0.05) is 12.3 Å². The van der Waals surface area contributed by atoms with Crippen LogP contribution in [-0.4, -0.2) is 15.1 Å². The lowest BCUT2D eigenvalue weighted by Crippen LogP contribution is -2.10. The van der Waals surface area contributed by atoms with Crippen LogP contribution < -0.4 is 5.32 Å². The van der Waals surface area contributed by atoms with Gasteiger partial charge in [0.15, 0.2) is 5.82 Å². The number of nitrogens with one attached hydrogen (secondary N) is 2. The SMILES string of the molecule is CC(Nc1c(F)cc(F)cc1[N+](=O)[O-])c1ccn[nH]1. The van der Waals surface area contributed by atoms with Crippen LogP contribution in [0.25, 0.3) is 0 Å². The molecule has 0 saturated carbocycles. The van der Waals surface area contributed by atoms with Crippen molar-refractivity contribution in [2.45, 2.75) is 13.0 Å². The monoisotopic (exact) mass is 268 g/mol. The number of aromatic nitrogens is 2. The molecule has 0 fully saturated rings. The molecular weight excluding hydrogens is 258 g/mol. The van der Waals surface area contributed by atoms with E-state index in [0.29, 0.717) is 17.8 Å². The summed E-state index contributed by atoms with van der Waals surface area (Å²) in [6.07, 6.45) is 1.50. The van der Waals surface area contributed by atoms with Crippen LogP contribution >= 0.6 is 0 Å². The van der Waals surface area contributed by atoms with E-state index >= 15 is 0 Å². The lowest BCUT2D eigenvalue weighted by atomic mass is 10.2. The minimum absolute atomic E-state index is 0.353. The minimum atomic E-state index is -1.02. The molecule has 0 aliphatic carbocycles. The number of benzene rings is 1. The van der Waals surface area contributed by atoms with Gasteiger partial charge in [0.25, 0.3) is 5.69 Å².